The van der Waals surface area contributed by atoms with Crippen LogP contribution < -0.4 is 18.9 Å². The largest absolute Gasteiger partial charge is 0.496 e. The Labute approximate surface area is 146 Å². The number of hydrogen-bond acceptors (Lipinski definition) is 4. The molecular formula is C20H21O5+. The average Bonchev–Trinajstić information content (AvgIpc) is 2.66. The van der Waals surface area contributed by atoms with Gasteiger partial charge in [-0.1, -0.05) is 0 Å². The van der Waals surface area contributed by atoms with Gasteiger partial charge >= 0.3 is 11.3 Å². The molecule has 0 N–H and O–H groups in total. The van der Waals surface area contributed by atoms with Gasteiger partial charge in [0.1, 0.15) is 16.9 Å². The molecule has 0 spiro atoms. The molecular weight excluding hydrogens is 320 g/mol. The zero-order valence-corrected chi connectivity index (χ0v) is 14.8. The van der Waals surface area contributed by atoms with Crippen molar-refractivity contribution in [2.75, 3.05) is 27.9 Å². The monoisotopic (exact) mass is 341 g/mol. The molecule has 0 bridgehead atoms. The van der Waals surface area contributed by atoms with Crippen LogP contribution in [-0.2, 0) is 0 Å². The fourth-order valence-electron chi connectivity index (χ4n) is 2.67. The molecule has 5 nitrogen and oxygen atoms in total. The molecule has 5 heteroatoms. The van der Waals surface area contributed by atoms with Gasteiger partial charge < -0.3 is 18.9 Å². The van der Waals surface area contributed by atoms with Crippen molar-refractivity contribution in [2.45, 2.75) is 6.92 Å². The molecule has 0 saturated carbocycles. The standard InChI is InChI=1S/C20H21O5/c1-5-24-18-12-17(13-6-9-16(22-3)20(10-13)23-4)25-19-11-14(21-2)7-8-15(18)19/h6-12H,5H2,1-4H3/q+1. The maximum atomic E-state index is 6.09. The molecule has 3 rings (SSSR count). The summed E-state index contributed by atoms with van der Waals surface area (Å²) >= 11 is 0. The fraction of sp³-hybridized carbons (Fsp3) is 0.250. The van der Waals surface area contributed by atoms with Gasteiger partial charge in [-0.3, -0.25) is 0 Å². The van der Waals surface area contributed by atoms with Gasteiger partial charge in [0.05, 0.1) is 45.6 Å². The minimum absolute atomic E-state index is 0.566. The maximum Gasteiger partial charge on any atom is 0.368 e. The molecule has 1 heterocycles. The lowest BCUT2D eigenvalue weighted by Gasteiger charge is -2.08. The van der Waals surface area contributed by atoms with Crippen LogP contribution in [0.25, 0.3) is 22.3 Å². The second kappa shape index (κ2) is 7.30. The van der Waals surface area contributed by atoms with E-state index in [1.165, 1.54) is 0 Å². The van der Waals surface area contributed by atoms with E-state index >= 15 is 0 Å². The van der Waals surface area contributed by atoms with Crippen LogP contribution in [0, 0.1) is 0 Å². The van der Waals surface area contributed by atoms with Crippen LogP contribution in [0.15, 0.2) is 46.9 Å². The van der Waals surface area contributed by atoms with Crippen molar-refractivity contribution >= 4 is 11.0 Å². The third kappa shape index (κ3) is 3.31. The van der Waals surface area contributed by atoms with E-state index in [0.717, 1.165) is 22.4 Å². The zero-order chi connectivity index (χ0) is 17.8. The number of hydrogen-bond donors (Lipinski definition) is 0. The predicted octanol–water partition coefficient (Wildman–Crippen LogP) is 4.81. The number of ether oxygens (including phenoxy) is 4. The Kier molecular flexibility index (Phi) is 4.93. The highest BCUT2D eigenvalue weighted by molar-refractivity contribution is 5.86. The van der Waals surface area contributed by atoms with Crippen molar-refractivity contribution in [2.24, 2.45) is 0 Å². The average molecular weight is 341 g/mol. The number of fused-ring (bicyclic) bond motifs is 1. The summed E-state index contributed by atoms with van der Waals surface area (Å²) in [6.45, 7) is 2.52. The summed E-state index contributed by atoms with van der Waals surface area (Å²) in [6, 6.07) is 13.2. The quantitative estimate of drug-likeness (QED) is 0.602. The summed E-state index contributed by atoms with van der Waals surface area (Å²) < 4.78 is 27.9. The van der Waals surface area contributed by atoms with Crippen LogP contribution in [0.4, 0.5) is 0 Å². The van der Waals surface area contributed by atoms with E-state index in [9.17, 15) is 0 Å². The van der Waals surface area contributed by atoms with Gasteiger partial charge in [-0.05, 0) is 31.2 Å². The molecule has 0 atom stereocenters. The summed E-state index contributed by atoms with van der Waals surface area (Å²) in [5.74, 6) is 3.46. The first-order chi connectivity index (χ1) is 12.2. The third-order valence-electron chi connectivity index (χ3n) is 3.90. The predicted molar refractivity (Wildman–Crippen MR) is 96.9 cm³/mol. The molecule has 0 amide bonds. The van der Waals surface area contributed by atoms with E-state index < -0.39 is 0 Å². The Morgan fingerprint density at radius 1 is 0.800 bits per heavy atom. The van der Waals surface area contributed by atoms with E-state index in [2.05, 4.69) is 0 Å². The second-order valence-corrected chi connectivity index (χ2v) is 5.34. The zero-order valence-electron chi connectivity index (χ0n) is 14.8. The first-order valence-corrected chi connectivity index (χ1v) is 8.00. The highest BCUT2D eigenvalue weighted by atomic mass is 16.5. The Bertz CT molecular complexity index is 889. The van der Waals surface area contributed by atoms with Gasteiger partial charge in [-0.15, -0.1) is 0 Å². The van der Waals surface area contributed by atoms with Gasteiger partial charge in [-0.2, -0.15) is 0 Å². The fourth-order valence-corrected chi connectivity index (χ4v) is 2.67. The maximum absolute atomic E-state index is 6.09. The van der Waals surface area contributed by atoms with Crippen LogP contribution >= 0.6 is 0 Å². The lowest BCUT2D eigenvalue weighted by atomic mass is 10.1. The summed E-state index contributed by atoms with van der Waals surface area (Å²) in [5.41, 5.74) is 1.55. The van der Waals surface area contributed by atoms with Crippen molar-refractivity contribution in [3.05, 3.63) is 42.5 Å². The van der Waals surface area contributed by atoms with Crippen LogP contribution in [0.3, 0.4) is 0 Å². The van der Waals surface area contributed by atoms with Crippen molar-refractivity contribution in [3.63, 3.8) is 0 Å². The summed E-state index contributed by atoms with van der Waals surface area (Å²) in [4.78, 5) is 0. The molecule has 0 aliphatic heterocycles. The summed E-state index contributed by atoms with van der Waals surface area (Å²) in [5, 5.41) is 0.895. The van der Waals surface area contributed by atoms with Crippen LogP contribution in [-0.4, -0.2) is 27.9 Å². The van der Waals surface area contributed by atoms with Gasteiger partial charge in [0.2, 0.25) is 0 Å². The highest BCUT2D eigenvalue weighted by Gasteiger charge is 2.22. The molecule has 0 aliphatic carbocycles. The van der Waals surface area contributed by atoms with Gasteiger partial charge in [0.25, 0.3) is 0 Å². The molecule has 0 saturated heterocycles. The molecule has 0 fully saturated rings. The van der Waals surface area contributed by atoms with E-state index in [-0.39, 0.29) is 0 Å². The van der Waals surface area contributed by atoms with E-state index in [1.807, 2.05) is 49.4 Å². The Balaban J connectivity index is 2.18. The van der Waals surface area contributed by atoms with Crippen molar-refractivity contribution in [1.29, 1.82) is 0 Å². The van der Waals surface area contributed by atoms with Crippen LogP contribution in [0.2, 0.25) is 0 Å². The van der Waals surface area contributed by atoms with Crippen LogP contribution in [0.1, 0.15) is 6.92 Å². The Hall–Kier alpha value is -2.95. The minimum Gasteiger partial charge on any atom is -0.496 e. The topological polar surface area (TPSA) is 48.2 Å². The minimum atomic E-state index is 0.566. The second-order valence-electron chi connectivity index (χ2n) is 5.34. The smallest absolute Gasteiger partial charge is 0.368 e. The third-order valence-corrected chi connectivity index (χ3v) is 3.90. The first-order valence-electron chi connectivity index (χ1n) is 8.00. The number of rotatable bonds is 6. The van der Waals surface area contributed by atoms with Crippen molar-refractivity contribution in [1.82, 2.24) is 0 Å². The van der Waals surface area contributed by atoms with Crippen LogP contribution in [0.5, 0.6) is 23.0 Å². The molecule has 0 aliphatic rings. The number of methoxy groups -OCH3 is 3. The summed E-state index contributed by atoms with van der Waals surface area (Å²) in [6.07, 6.45) is 0. The normalized spacial score (nSPS) is 10.6. The Morgan fingerprint density at radius 2 is 1.60 bits per heavy atom. The molecule has 0 radical (unpaired) electrons. The van der Waals surface area contributed by atoms with Crippen molar-refractivity contribution in [3.8, 4) is 34.3 Å². The van der Waals surface area contributed by atoms with E-state index in [4.69, 9.17) is 23.4 Å². The van der Waals surface area contributed by atoms with Crippen molar-refractivity contribution < 1.29 is 23.4 Å². The van der Waals surface area contributed by atoms with E-state index in [1.54, 1.807) is 21.3 Å². The first kappa shape index (κ1) is 16.9. The lowest BCUT2D eigenvalue weighted by Crippen LogP contribution is -1.94. The molecule has 25 heavy (non-hydrogen) atoms. The molecule has 0 unspecified atom stereocenters. The van der Waals surface area contributed by atoms with E-state index in [0.29, 0.717) is 29.4 Å². The molecule has 3 aromatic rings. The number of benzene rings is 2. The Morgan fingerprint density at radius 3 is 2.28 bits per heavy atom. The van der Waals surface area contributed by atoms with Gasteiger partial charge in [0.15, 0.2) is 11.5 Å². The molecule has 130 valence electrons. The van der Waals surface area contributed by atoms with Gasteiger partial charge in [-0.25, -0.2) is 4.42 Å². The highest BCUT2D eigenvalue weighted by Crippen LogP contribution is 2.37. The molecule has 2 aromatic carbocycles. The summed E-state index contributed by atoms with van der Waals surface area (Å²) in [7, 11) is 4.84. The van der Waals surface area contributed by atoms with Gasteiger partial charge in [0, 0.05) is 6.07 Å². The SMILES string of the molecule is CCOc1cc(-c2ccc(OC)c(OC)c2)[o+]c2cc(OC)ccc12. The molecule has 1 aromatic heterocycles. The lowest BCUT2D eigenvalue weighted by molar-refractivity contribution is 0.342.